The molecule has 0 spiro atoms. The highest BCUT2D eigenvalue weighted by molar-refractivity contribution is 9.11. The number of amides is 1. The van der Waals surface area contributed by atoms with Crippen molar-refractivity contribution in [3.8, 4) is 11.8 Å². The predicted octanol–water partition coefficient (Wildman–Crippen LogP) is 6.48. The maximum Gasteiger partial charge on any atom is 0.266 e. The molecule has 6 heteroatoms. The maximum absolute atomic E-state index is 12.7. The number of anilines is 1. The fourth-order valence-corrected chi connectivity index (χ4v) is 4.23. The molecule has 0 atom stereocenters. The van der Waals surface area contributed by atoms with Gasteiger partial charge in [0.15, 0.2) is 0 Å². The van der Waals surface area contributed by atoms with E-state index in [1.165, 1.54) is 6.08 Å². The minimum atomic E-state index is -0.469. The van der Waals surface area contributed by atoms with E-state index in [1.54, 1.807) is 18.2 Å². The van der Waals surface area contributed by atoms with E-state index in [9.17, 15) is 10.1 Å². The van der Waals surface area contributed by atoms with Gasteiger partial charge in [-0.05, 0) is 67.1 Å². The Bertz CT molecular complexity index is 1130. The first kappa shape index (κ1) is 20.8. The Balaban J connectivity index is 1.89. The fourth-order valence-electron chi connectivity index (χ4n) is 2.78. The molecule has 0 bridgehead atoms. The monoisotopic (exact) mass is 510 g/mol. The van der Waals surface area contributed by atoms with E-state index < -0.39 is 5.91 Å². The van der Waals surface area contributed by atoms with Crippen LogP contribution in [0.1, 0.15) is 5.56 Å². The van der Waals surface area contributed by atoms with Gasteiger partial charge in [0.1, 0.15) is 24.0 Å². The summed E-state index contributed by atoms with van der Waals surface area (Å²) in [7, 11) is 0. The molecule has 0 saturated carbocycles. The normalized spacial score (nSPS) is 11.0. The van der Waals surface area contributed by atoms with E-state index in [0.29, 0.717) is 32.6 Å². The highest BCUT2D eigenvalue weighted by atomic mass is 79.9. The van der Waals surface area contributed by atoms with Crippen molar-refractivity contribution in [3.05, 3.63) is 87.3 Å². The SMILES string of the molecule is C=CCOc1c(Br)cc(/C=C(\C#N)C(=O)Nc2cccc3ccccc23)cc1Br. The maximum atomic E-state index is 12.7. The van der Waals surface area contributed by atoms with Crippen molar-refractivity contribution in [3.63, 3.8) is 0 Å². The third-order valence-electron chi connectivity index (χ3n) is 4.08. The highest BCUT2D eigenvalue weighted by Crippen LogP contribution is 2.35. The van der Waals surface area contributed by atoms with Crippen molar-refractivity contribution in [2.75, 3.05) is 11.9 Å². The summed E-state index contributed by atoms with van der Waals surface area (Å²) in [5, 5.41) is 14.3. The van der Waals surface area contributed by atoms with Gasteiger partial charge in [-0.2, -0.15) is 5.26 Å². The molecule has 4 nitrogen and oxygen atoms in total. The number of halogens is 2. The number of fused-ring (bicyclic) bond motifs is 1. The summed E-state index contributed by atoms with van der Waals surface area (Å²) in [6, 6.07) is 18.9. The minimum absolute atomic E-state index is 0.00325. The van der Waals surface area contributed by atoms with Gasteiger partial charge in [0.05, 0.1) is 8.95 Å². The molecular weight excluding hydrogens is 496 g/mol. The van der Waals surface area contributed by atoms with Crippen LogP contribution in [0.5, 0.6) is 5.75 Å². The molecule has 3 aromatic carbocycles. The van der Waals surface area contributed by atoms with Crippen molar-refractivity contribution >= 4 is 60.3 Å². The standard InChI is InChI=1S/C23H16Br2N2O2/c1-2-10-29-22-19(24)12-15(13-20(22)25)11-17(14-26)23(28)27-21-9-5-7-16-6-3-4-8-18(16)21/h2-9,11-13H,1,10H2,(H,27,28)/b17-11+. The molecule has 0 radical (unpaired) electrons. The molecule has 1 N–H and O–H groups in total. The summed E-state index contributed by atoms with van der Waals surface area (Å²) in [4.78, 5) is 12.7. The number of nitrogens with zero attached hydrogens (tertiary/aromatic N) is 1. The summed E-state index contributed by atoms with van der Waals surface area (Å²) in [5.74, 6) is 0.156. The first-order chi connectivity index (χ1) is 14.0. The van der Waals surface area contributed by atoms with E-state index in [-0.39, 0.29) is 5.57 Å². The number of nitrogens with one attached hydrogen (secondary N) is 1. The molecule has 0 unspecified atom stereocenters. The number of benzene rings is 3. The van der Waals surface area contributed by atoms with Crippen LogP contribution in [0.3, 0.4) is 0 Å². The van der Waals surface area contributed by atoms with Gasteiger partial charge in [-0.25, -0.2) is 0 Å². The molecule has 0 saturated heterocycles. The van der Waals surface area contributed by atoms with Crippen molar-refractivity contribution in [1.29, 1.82) is 5.26 Å². The van der Waals surface area contributed by atoms with Crippen LogP contribution < -0.4 is 10.1 Å². The Labute approximate surface area is 185 Å². The van der Waals surface area contributed by atoms with Gasteiger partial charge < -0.3 is 10.1 Å². The third-order valence-corrected chi connectivity index (χ3v) is 5.26. The molecule has 29 heavy (non-hydrogen) atoms. The molecular formula is C23H16Br2N2O2. The van der Waals surface area contributed by atoms with Crippen LogP contribution in [0, 0.1) is 11.3 Å². The van der Waals surface area contributed by atoms with Crippen molar-refractivity contribution in [2.24, 2.45) is 0 Å². The second-order valence-corrected chi connectivity index (χ2v) is 7.77. The zero-order valence-corrected chi connectivity index (χ0v) is 18.5. The Hall–Kier alpha value is -2.88. The predicted molar refractivity (Wildman–Crippen MR) is 124 cm³/mol. The molecule has 1 amide bonds. The Kier molecular flexibility index (Phi) is 6.86. The average Bonchev–Trinajstić information content (AvgIpc) is 2.71. The van der Waals surface area contributed by atoms with Crippen LogP contribution in [0.15, 0.2) is 81.8 Å². The fraction of sp³-hybridized carbons (Fsp3) is 0.0435. The first-order valence-corrected chi connectivity index (χ1v) is 10.3. The number of carbonyl (C=O) groups excluding carboxylic acids is 1. The molecule has 144 valence electrons. The van der Waals surface area contributed by atoms with Gasteiger partial charge in [0.25, 0.3) is 5.91 Å². The smallest absolute Gasteiger partial charge is 0.266 e. The quantitative estimate of drug-likeness (QED) is 0.234. The van der Waals surface area contributed by atoms with Gasteiger partial charge in [-0.1, -0.05) is 49.1 Å². The van der Waals surface area contributed by atoms with E-state index in [2.05, 4.69) is 43.8 Å². The van der Waals surface area contributed by atoms with Crippen molar-refractivity contribution < 1.29 is 9.53 Å². The van der Waals surface area contributed by atoms with Gasteiger partial charge in [0, 0.05) is 11.1 Å². The lowest BCUT2D eigenvalue weighted by molar-refractivity contribution is -0.112. The van der Waals surface area contributed by atoms with Gasteiger partial charge in [-0.15, -0.1) is 0 Å². The summed E-state index contributed by atoms with van der Waals surface area (Å²) in [6.45, 7) is 3.99. The van der Waals surface area contributed by atoms with E-state index >= 15 is 0 Å². The summed E-state index contributed by atoms with van der Waals surface area (Å²) >= 11 is 6.91. The van der Waals surface area contributed by atoms with Crippen molar-refractivity contribution in [1.82, 2.24) is 0 Å². The van der Waals surface area contributed by atoms with Crippen LogP contribution in [-0.2, 0) is 4.79 Å². The molecule has 0 aliphatic carbocycles. The number of rotatable bonds is 6. The molecule has 0 aliphatic heterocycles. The van der Waals surface area contributed by atoms with Gasteiger partial charge in [0.2, 0.25) is 0 Å². The van der Waals surface area contributed by atoms with Crippen LogP contribution >= 0.6 is 31.9 Å². The second-order valence-electron chi connectivity index (χ2n) is 6.06. The number of hydrogen-bond donors (Lipinski definition) is 1. The minimum Gasteiger partial charge on any atom is -0.487 e. The van der Waals surface area contributed by atoms with Crippen molar-refractivity contribution in [2.45, 2.75) is 0 Å². The lowest BCUT2D eigenvalue weighted by Gasteiger charge is -2.10. The Morgan fingerprint density at radius 1 is 1.14 bits per heavy atom. The highest BCUT2D eigenvalue weighted by Gasteiger charge is 2.13. The van der Waals surface area contributed by atoms with E-state index in [0.717, 1.165) is 10.8 Å². The summed E-state index contributed by atoms with van der Waals surface area (Å²) in [5.41, 5.74) is 1.33. The molecule has 3 rings (SSSR count). The number of hydrogen-bond acceptors (Lipinski definition) is 3. The van der Waals surface area contributed by atoms with E-state index in [4.69, 9.17) is 4.74 Å². The first-order valence-electron chi connectivity index (χ1n) is 8.67. The van der Waals surface area contributed by atoms with E-state index in [1.807, 2.05) is 48.5 Å². The Morgan fingerprint density at radius 3 is 2.52 bits per heavy atom. The zero-order chi connectivity index (χ0) is 20.8. The van der Waals surface area contributed by atoms with Gasteiger partial charge >= 0.3 is 0 Å². The number of carbonyl (C=O) groups is 1. The van der Waals surface area contributed by atoms with Gasteiger partial charge in [-0.3, -0.25) is 4.79 Å². The van der Waals surface area contributed by atoms with Crippen LogP contribution in [0.4, 0.5) is 5.69 Å². The third kappa shape index (κ3) is 4.94. The number of nitriles is 1. The second kappa shape index (κ2) is 9.55. The lowest BCUT2D eigenvalue weighted by atomic mass is 10.1. The number of ether oxygens (including phenoxy) is 1. The average molecular weight is 512 g/mol. The molecule has 0 heterocycles. The van der Waals surface area contributed by atoms with Crippen LogP contribution in [0.2, 0.25) is 0 Å². The molecule has 0 fully saturated rings. The molecule has 0 aromatic heterocycles. The largest absolute Gasteiger partial charge is 0.487 e. The topological polar surface area (TPSA) is 62.1 Å². The Morgan fingerprint density at radius 2 is 1.83 bits per heavy atom. The summed E-state index contributed by atoms with van der Waals surface area (Å²) < 4.78 is 6.99. The van der Waals surface area contributed by atoms with Crippen LogP contribution in [-0.4, -0.2) is 12.5 Å². The molecule has 3 aromatic rings. The van der Waals surface area contributed by atoms with Crippen LogP contribution in [0.25, 0.3) is 16.8 Å². The zero-order valence-electron chi connectivity index (χ0n) is 15.3. The lowest BCUT2D eigenvalue weighted by Crippen LogP contribution is -2.13. The molecule has 0 aliphatic rings. The summed E-state index contributed by atoms with van der Waals surface area (Å²) in [6.07, 6.45) is 3.19.